The van der Waals surface area contributed by atoms with Crippen molar-refractivity contribution >= 4 is 5.97 Å². The molecule has 1 atom stereocenters. The SMILES string of the molecule is CN1CCCC(F)(C(F)(F)C(=O)O)C1. The number of carboxylic acid groups (broad SMARTS) is 1. The van der Waals surface area contributed by atoms with E-state index in [0.29, 0.717) is 6.54 Å². The summed E-state index contributed by atoms with van der Waals surface area (Å²) in [6.45, 7) is -0.0202. The Labute approximate surface area is 79.5 Å². The zero-order chi connectivity index (χ0) is 11.0. The van der Waals surface area contributed by atoms with Crippen molar-refractivity contribution in [3.05, 3.63) is 0 Å². The molecule has 1 heterocycles. The number of halogens is 3. The van der Waals surface area contributed by atoms with Gasteiger partial charge >= 0.3 is 11.9 Å². The third-order valence-corrected chi connectivity index (χ3v) is 2.46. The number of aliphatic carboxylic acids is 1. The average Bonchev–Trinajstić information content (AvgIpc) is 2.03. The molecule has 1 saturated heterocycles. The van der Waals surface area contributed by atoms with Crippen LogP contribution in [0.25, 0.3) is 0 Å². The molecule has 0 radical (unpaired) electrons. The van der Waals surface area contributed by atoms with Crippen molar-refractivity contribution in [2.75, 3.05) is 20.1 Å². The van der Waals surface area contributed by atoms with Crippen LogP contribution in [0.2, 0.25) is 0 Å². The molecule has 0 aliphatic carbocycles. The van der Waals surface area contributed by atoms with Gasteiger partial charge in [0.25, 0.3) is 0 Å². The van der Waals surface area contributed by atoms with E-state index < -0.39 is 30.5 Å². The van der Waals surface area contributed by atoms with Gasteiger partial charge in [0.05, 0.1) is 0 Å². The molecule has 1 unspecified atom stereocenters. The predicted molar refractivity (Wildman–Crippen MR) is 43.2 cm³/mol. The zero-order valence-corrected chi connectivity index (χ0v) is 7.76. The fourth-order valence-corrected chi connectivity index (χ4v) is 1.66. The van der Waals surface area contributed by atoms with Crippen molar-refractivity contribution in [1.82, 2.24) is 4.90 Å². The highest BCUT2D eigenvalue weighted by atomic mass is 19.3. The van der Waals surface area contributed by atoms with E-state index in [0.717, 1.165) is 0 Å². The number of nitrogens with zero attached hydrogens (tertiary/aromatic N) is 1. The summed E-state index contributed by atoms with van der Waals surface area (Å²) in [7, 11) is 1.49. The average molecular weight is 211 g/mol. The van der Waals surface area contributed by atoms with E-state index in [9.17, 15) is 18.0 Å². The Kier molecular flexibility index (Phi) is 2.76. The Hall–Kier alpha value is -0.780. The van der Waals surface area contributed by atoms with Gasteiger partial charge in [0.1, 0.15) is 0 Å². The van der Waals surface area contributed by atoms with Crippen molar-refractivity contribution < 1.29 is 23.1 Å². The van der Waals surface area contributed by atoms with Crippen molar-refractivity contribution in [2.45, 2.75) is 24.4 Å². The van der Waals surface area contributed by atoms with Gasteiger partial charge in [0.2, 0.25) is 0 Å². The molecule has 0 aromatic rings. The minimum atomic E-state index is -4.30. The predicted octanol–water partition coefficient (Wildman–Crippen LogP) is 1.14. The number of hydrogen-bond acceptors (Lipinski definition) is 2. The third-order valence-electron chi connectivity index (χ3n) is 2.46. The Morgan fingerprint density at radius 1 is 1.57 bits per heavy atom. The smallest absolute Gasteiger partial charge is 0.378 e. The van der Waals surface area contributed by atoms with E-state index in [1.54, 1.807) is 0 Å². The lowest BCUT2D eigenvalue weighted by molar-refractivity contribution is -0.199. The topological polar surface area (TPSA) is 40.5 Å². The number of carbonyl (C=O) groups is 1. The number of rotatable bonds is 2. The summed E-state index contributed by atoms with van der Waals surface area (Å²) >= 11 is 0. The maximum Gasteiger partial charge on any atom is 0.378 e. The molecule has 3 nitrogen and oxygen atoms in total. The van der Waals surface area contributed by atoms with Crippen LogP contribution in [0.5, 0.6) is 0 Å². The summed E-state index contributed by atoms with van der Waals surface area (Å²) in [5.41, 5.74) is -2.94. The summed E-state index contributed by atoms with van der Waals surface area (Å²) in [5, 5.41) is 8.24. The van der Waals surface area contributed by atoms with Gasteiger partial charge in [-0.05, 0) is 26.4 Å². The van der Waals surface area contributed by atoms with Crippen LogP contribution in [-0.2, 0) is 4.79 Å². The quantitative estimate of drug-likeness (QED) is 0.744. The minimum absolute atomic E-state index is 0.246. The lowest BCUT2D eigenvalue weighted by Crippen LogP contribution is -2.58. The van der Waals surface area contributed by atoms with Gasteiger partial charge in [-0.2, -0.15) is 8.78 Å². The van der Waals surface area contributed by atoms with Gasteiger partial charge < -0.3 is 10.0 Å². The molecule has 0 aromatic heterocycles. The zero-order valence-electron chi connectivity index (χ0n) is 7.76. The molecule has 1 rings (SSSR count). The number of carboxylic acids is 1. The molecule has 0 bridgehead atoms. The number of alkyl halides is 3. The van der Waals surface area contributed by atoms with Gasteiger partial charge in [-0.3, -0.25) is 0 Å². The van der Waals surface area contributed by atoms with E-state index >= 15 is 0 Å². The first-order valence-electron chi connectivity index (χ1n) is 4.28. The van der Waals surface area contributed by atoms with Crippen molar-refractivity contribution in [1.29, 1.82) is 0 Å². The first-order valence-corrected chi connectivity index (χ1v) is 4.28. The molecule has 1 N–H and O–H groups in total. The number of hydrogen-bond donors (Lipinski definition) is 1. The van der Waals surface area contributed by atoms with Gasteiger partial charge in [0.15, 0.2) is 5.67 Å². The van der Waals surface area contributed by atoms with Crippen LogP contribution in [0.15, 0.2) is 0 Å². The first-order chi connectivity index (χ1) is 6.29. The van der Waals surface area contributed by atoms with Gasteiger partial charge in [-0.25, -0.2) is 9.18 Å². The lowest BCUT2D eigenvalue weighted by Gasteiger charge is -2.38. The molecular formula is C8H12F3NO2. The monoisotopic (exact) mass is 211 g/mol. The first kappa shape index (κ1) is 11.3. The van der Waals surface area contributed by atoms with Crippen molar-refractivity contribution in [3.63, 3.8) is 0 Å². The number of piperidine rings is 1. The summed E-state index contributed by atoms with van der Waals surface area (Å²) in [6.07, 6.45) is -0.160. The maximum absolute atomic E-state index is 13.7. The summed E-state index contributed by atoms with van der Waals surface area (Å²) in [5.74, 6) is -6.70. The highest BCUT2D eigenvalue weighted by Gasteiger charge is 2.61. The van der Waals surface area contributed by atoms with E-state index in [2.05, 4.69) is 0 Å². The molecular weight excluding hydrogens is 199 g/mol. The molecule has 6 heteroatoms. The lowest BCUT2D eigenvalue weighted by atomic mass is 9.88. The molecule has 1 aliphatic rings. The Balaban J connectivity index is 2.87. The fraction of sp³-hybridized carbons (Fsp3) is 0.875. The highest BCUT2D eigenvalue weighted by Crippen LogP contribution is 2.39. The second-order valence-corrected chi connectivity index (χ2v) is 3.69. The maximum atomic E-state index is 13.7. The van der Waals surface area contributed by atoms with Crippen LogP contribution in [0.4, 0.5) is 13.2 Å². The van der Waals surface area contributed by atoms with Gasteiger partial charge in [0, 0.05) is 6.54 Å². The van der Waals surface area contributed by atoms with E-state index in [-0.39, 0.29) is 6.42 Å². The summed E-state index contributed by atoms with van der Waals surface area (Å²) in [6, 6.07) is 0. The Bertz CT molecular complexity index is 247. The molecule has 82 valence electrons. The molecule has 0 spiro atoms. The van der Waals surface area contributed by atoms with E-state index in [1.165, 1.54) is 11.9 Å². The molecule has 0 saturated carbocycles. The minimum Gasteiger partial charge on any atom is -0.477 e. The fourth-order valence-electron chi connectivity index (χ4n) is 1.66. The van der Waals surface area contributed by atoms with Gasteiger partial charge in [-0.15, -0.1) is 0 Å². The molecule has 1 fully saturated rings. The summed E-state index contributed by atoms with van der Waals surface area (Å²) in [4.78, 5) is 11.6. The number of likely N-dealkylation sites (tertiary alicyclic amines) is 1. The summed E-state index contributed by atoms with van der Waals surface area (Å²) < 4.78 is 39.7. The highest BCUT2D eigenvalue weighted by molar-refractivity contribution is 5.77. The van der Waals surface area contributed by atoms with E-state index in [1.807, 2.05) is 0 Å². The molecule has 1 aliphatic heterocycles. The Morgan fingerprint density at radius 3 is 2.57 bits per heavy atom. The van der Waals surface area contributed by atoms with Crippen LogP contribution in [0.1, 0.15) is 12.8 Å². The van der Waals surface area contributed by atoms with Crippen molar-refractivity contribution in [3.8, 4) is 0 Å². The van der Waals surface area contributed by atoms with Crippen LogP contribution in [0, 0.1) is 0 Å². The standard InChI is InChI=1S/C8H12F3NO2/c1-12-4-2-3-7(9,5-12)8(10,11)6(13)14/h2-5H2,1H3,(H,13,14). The molecule has 14 heavy (non-hydrogen) atoms. The van der Waals surface area contributed by atoms with Crippen LogP contribution < -0.4 is 0 Å². The Morgan fingerprint density at radius 2 is 2.14 bits per heavy atom. The van der Waals surface area contributed by atoms with Crippen LogP contribution in [0.3, 0.4) is 0 Å². The second-order valence-electron chi connectivity index (χ2n) is 3.69. The van der Waals surface area contributed by atoms with Gasteiger partial charge in [-0.1, -0.05) is 0 Å². The van der Waals surface area contributed by atoms with E-state index in [4.69, 9.17) is 5.11 Å². The van der Waals surface area contributed by atoms with Crippen LogP contribution >= 0.6 is 0 Å². The van der Waals surface area contributed by atoms with Crippen molar-refractivity contribution in [2.24, 2.45) is 0 Å². The third kappa shape index (κ3) is 1.70. The molecule has 0 aromatic carbocycles. The normalized spacial score (nSPS) is 30.3. The second kappa shape index (κ2) is 3.42. The molecule has 0 amide bonds. The van der Waals surface area contributed by atoms with Crippen LogP contribution in [-0.4, -0.2) is 47.7 Å². The largest absolute Gasteiger partial charge is 0.477 e.